The second kappa shape index (κ2) is 3.54. The third-order valence-corrected chi connectivity index (χ3v) is 1.93. The van der Waals surface area contributed by atoms with E-state index in [1.54, 1.807) is 12.1 Å². The van der Waals surface area contributed by atoms with E-state index in [9.17, 15) is 0 Å². The Hall–Kier alpha value is -1.09. The van der Waals surface area contributed by atoms with Crippen LogP contribution in [0, 0.1) is 0 Å². The molecule has 0 aromatic heterocycles. The van der Waals surface area contributed by atoms with Gasteiger partial charge in [-0.05, 0) is 24.9 Å². The highest BCUT2D eigenvalue weighted by molar-refractivity contribution is 9.10. The minimum atomic E-state index is 0.00454. The van der Waals surface area contributed by atoms with Crippen molar-refractivity contribution in [2.45, 2.75) is 0 Å². The maximum atomic E-state index is 9.13. The Kier molecular flexibility index (Phi) is 2.65. The van der Waals surface area contributed by atoms with Gasteiger partial charge in [-0.25, -0.2) is 0 Å². The Labute approximate surface area is 79.4 Å². The second-order valence-corrected chi connectivity index (χ2v) is 3.18. The lowest BCUT2D eigenvalue weighted by Gasteiger charge is -2.02. The van der Waals surface area contributed by atoms with Gasteiger partial charge < -0.3 is 5.11 Å². The standard InChI is InChI=1S/C9H8BrNO/c1-6(12)8-4-3-7(10)5-9(8)11-2/h3-5,12H,1-2H2. The summed E-state index contributed by atoms with van der Waals surface area (Å²) in [6, 6.07) is 5.31. The van der Waals surface area contributed by atoms with Crippen molar-refractivity contribution in [2.24, 2.45) is 4.99 Å². The van der Waals surface area contributed by atoms with E-state index in [0.29, 0.717) is 11.3 Å². The van der Waals surface area contributed by atoms with E-state index < -0.39 is 0 Å². The minimum absolute atomic E-state index is 0.00454. The number of aliphatic hydroxyl groups is 1. The fraction of sp³-hybridized carbons (Fsp3) is 0. The molecule has 0 saturated carbocycles. The highest BCUT2D eigenvalue weighted by Crippen LogP contribution is 2.27. The Morgan fingerprint density at radius 2 is 2.17 bits per heavy atom. The smallest absolute Gasteiger partial charge is 0.117 e. The number of hydrogen-bond acceptors (Lipinski definition) is 2. The molecule has 2 nitrogen and oxygen atoms in total. The van der Waals surface area contributed by atoms with Crippen molar-refractivity contribution in [1.82, 2.24) is 0 Å². The zero-order chi connectivity index (χ0) is 9.14. The lowest BCUT2D eigenvalue weighted by molar-refractivity contribution is 0.514. The van der Waals surface area contributed by atoms with Gasteiger partial charge in [-0.15, -0.1) is 0 Å². The molecule has 0 heterocycles. The first-order valence-electron chi connectivity index (χ1n) is 3.29. The fourth-order valence-corrected chi connectivity index (χ4v) is 1.23. The maximum absolute atomic E-state index is 9.13. The van der Waals surface area contributed by atoms with E-state index in [2.05, 4.69) is 34.2 Å². The van der Waals surface area contributed by atoms with Crippen molar-refractivity contribution in [3.8, 4) is 0 Å². The largest absolute Gasteiger partial charge is 0.508 e. The molecule has 0 atom stereocenters. The zero-order valence-electron chi connectivity index (χ0n) is 6.42. The third-order valence-electron chi connectivity index (χ3n) is 1.44. The van der Waals surface area contributed by atoms with Crippen LogP contribution in [0.4, 0.5) is 5.69 Å². The van der Waals surface area contributed by atoms with E-state index in [1.807, 2.05) is 6.07 Å². The molecule has 1 aromatic rings. The predicted molar refractivity (Wildman–Crippen MR) is 55.0 cm³/mol. The summed E-state index contributed by atoms with van der Waals surface area (Å²) >= 11 is 3.29. The molecule has 0 aliphatic rings. The number of halogens is 1. The topological polar surface area (TPSA) is 32.6 Å². The van der Waals surface area contributed by atoms with Gasteiger partial charge in [0.05, 0.1) is 5.69 Å². The summed E-state index contributed by atoms with van der Waals surface area (Å²) < 4.78 is 0.898. The highest BCUT2D eigenvalue weighted by Gasteiger charge is 2.02. The first-order chi connectivity index (χ1) is 5.65. The normalized spacial score (nSPS) is 9.42. The van der Waals surface area contributed by atoms with Crippen LogP contribution in [0.1, 0.15) is 5.56 Å². The molecule has 0 aliphatic carbocycles. The molecule has 0 saturated heterocycles. The molecular weight excluding hydrogens is 218 g/mol. The summed E-state index contributed by atoms with van der Waals surface area (Å²) in [4.78, 5) is 3.75. The number of nitrogens with zero attached hydrogens (tertiary/aromatic N) is 1. The van der Waals surface area contributed by atoms with Crippen molar-refractivity contribution in [1.29, 1.82) is 0 Å². The Morgan fingerprint density at radius 3 is 2.67 bits per heavy atom. The van der Waals surface area contributed by atoms with Crippen molar-refractivity contribution >= 4 is 34.1 Å². The Bertz CT molecular complexity index is 333. The van der Waals surface area contributed by atoms with Crippen LogP contribution in [0.25, 0.3) is 5.76 Å². The van der Waals surface area contributed by atoms with Gasteiger partial charge in [0.15, 0.2) is 0 Å². The molecule has 0 fully saturated rings. The van der Waals surface area contributed by atoms with Gasteiger partial charge in [-0.1, -0.05) is 22.5 Å². The molecule has 0 radical (unpaired) electrons. The molecule has 62 valence electrons. The van der Waals surface area contributed by atoms with Gasteiger partial charge in [-0.2, -0.15) is 0 Å². The molecule has 0 spiro atoms. The van der Waals surface area contributed by atoms with Gasteiger partial charge in [0.2, 0.25) is 0 Å². The molecule has 1 N–H and O–H groups in total. The lowest BCUT2D eigenvalue weighted by atomic mass is 10.1. The van der Waals surface area contributed by atoms with Crippen LogP contribution in [-0.4, -0.2) is 11.8 Å². The molecule has 1 rings (SSSR count). The Morgan fingerprint density at radius 1 is 1.50 bits per heavy atom. The van der Waals surface area contributed by atoms with Gasteiger partial charge >= 0.3 is 0 Å². The number of rotatable bonds is 2. The van der Waals surface area contributed by atoms with Crippen molar-refractivity contribution in [3.63, 3.8) is 0 Å². The van der Waals surface area contributed by atoms with Crippen LogP contribution in [0.5, 0.6) is 0 Å². The number of aliphatic hydroxyl groups excluding tert-OH is 1. The lowest BCUT2D eigenvalue weighted by Crippen LogP contribution is -1.81. The third kappa shape index (κ3) is 1.74. The van der Waals surface area contributed by atoms with Gasteiger partial charge in [0.1, 0.15) is 5.76 Å². The summed E-state index contributed by atoms with van der Waals surface area (Å²) in [5.41, 5.74) is 1.23. The fourth-order valence-electron chi connectivity index (χ4n) is 0.880. The van der Waals surface area contributed by atoms with Gasteiger partial charge in [-0.3, -0.25) is 4.99 Å². The van der Waals surface area contributed by atoms with E-state index in [0.717, 1.165) is 4.47 Å². The van der Waals surface area contributed by atoms with E-state index >= 15 is 0 Å². The zero-order valence-corrected chi connectivity index (χ0v) is 8.00. The number of aliphatic imine (C=N–C) groups is 1. The van der Waals surface area contributed by atoms with Gasteiger partial charge in [0, 0.05) is 10.0 Å². The SMILES string of the molecule is C=Nc1cc(Br)ccc1C(=C)O. The van der Waals surface area contributed by atoms with Crippen LogP contribution in [-0.2, 0) is 0 Å². The van der Waals surface area contributed by atoms with Gasteiger partial charge in [0.25, 0.3) is 0 Å². The van der Waals surface area contributed by atoms with Crippen LogP contribution in [0.3, 0.4) is 0 Å². The number of hydrogen-bond donors (Lipinski definition) is 1. The van der Waals surface area contributed by atoms with Crippen molar-refractivity contribution in [3.05, 3.63) is 34.8 Å². The molecule has 0 unspecified atom stereocenters. The maximum Gasteiger partial charge on any atom is 0.117 e. The molecule has 3 heteroatoms. The second-order valence-electron chi connectivity index (χ2n) is 2.27. The first-order valence-corrected chi connectivity index (χ1v) is 4.09. The summed E-state index contributed by atoms with van der Waals surface area (Å²) in [7, 11) is 0. The molecule has 0 bridgehead atoms. The quantitative estimate of drug-likeness (QED) is 0.608. The number of benzene rings is 1. The summed E-state index contributed by atoms with van der Waals surface area (Å²) in [5.74, 6) is 0.00454. The van der Waals surface area contributed by atoms with Crippen LogP contribution >= 0.6 is 15.9 Å². The van der Waals surface area contributed by atoms with E-state index in [-0.39, 0.29) is 5.76 Å². The average molecular weight is 226 g/mol. The van der Waals surface area contributed by atoms with Crippen LogP contribution in [0.15, 0.2) is 34.2 Å². The first kappa shape index (κ1) is 9.00. The van der Waals surface area contributed by atoms with E-state index in [4.69, 9.17) is 5.11 Å². The molecule has 12 heavy (non-hydrogen) atoms. The average Bonchev–Trinajstić information content (AvgIpc) is 2.03. The van der Waals surface area contributed by atoms with Crippen LogP contribution in [0.2, 0.25) is 0 Å². The summed E-state index contributed by atoms with van der Waals surface area (Å²) in [5, 5.41) is 9.13. The Balaban J connectivity index is 3.29. The highest BCUT2D eigenvalue weighted by atomic mass is 79.9. The molecule has 0 amide bonds. The van der Waals surface area contributed by atoms with Crippen LogP contribution < -0.4 is 0 Å². The molecule has 1 aromatic carbocycles. The minimum Gasteiger partial charge on any atom is -0.508 e. The molecular formula is C9H8BrNO. The predicted octanol–water partition coefficient (Wildman–Crippen LogP) is 3.31. The summed E-state index contributed by atoms with van der Waals surface area (Å²) in [6.07, 6.45) is 0. The summed E-state index contributed by atoms with van der Waals surface area (Å²) in [6.45, 7) is 6.81. The van der Waals surface area contributed by atoms with Crippen molar-refractivity contribution < 1.29 is 5.11 Å². The molecule has 0 aliphatic heterocycles. The van der Waals surface area contributed by atoms with E-state index in [1.165, 1.54) is 0 Å². The van der Waals surface area contributed by atoms with Crippen molar-refractivity contribution in [2.75, 3.05) is 0 Å². The monoisotopic (exact) mass is 225 g/mol.